The largest absolute Gasteiger partial charge is 0.508 e. The standard InChI is InChI=1S/C19H18F3NO3/c20-19(21,22)13-4-1-11(2-5-13)10-23-18(26)12-3-6-14-15(9-12)17(25)8-7-16(14)24/h1-2,4-5,7-8,12,24-25H,3,6,9-10H2,(H,23,26). The number of phenols is 2. The second-order valence-corrected chi connectivity index (χ2v) is 6.41. The molecule has 7 heteroatoms. The van der Waals surface area contributed by atoms with Crippen LogP contribution in [-0.2, 0) is 30.4 Å². The van der Waals surface area contributed by atoms with Crippen LogP contribution in [0.2, 0.25) is 0 Å². The lowest BCUT2D eigenvalue weighted by atomic mass is 9.82. The number of carbonyl (C=O) groups excluding carboxylic acids is 1. The van der Waals surface area contributed by atoms with Crippen LogP contribution in [0.25, 0.3) is 0 Å². The average Bonchev–Trinajstić information content (AvgIpc) is 2.62. The Morgan fingerprint density at radius 3 is 2.27 bits per heavy atom. The van der Waals surface area contributed by atoms with Crippen molar-refractivity contribution in [1.29, 1.82) is 0 Å². The molecule has 0 heterocycles. The van der Waals surface area contributed by atoms with Crippen molar-refractivity contribution >= 4 is 5.91 Å². The van der Waals surface area contributed by atoms with Crippen molar-refractivity contribution in [1.82, 2.24) is 5.32 Å². The first-order valence-corrected chi connectivity index (χ1v) is 8.22. The fourth-order valence-electron chi connectivity index (χ4n) is 3.21. The lowest BCUT2D eigenvalue weighted by Crippen LogP contribution is -2.33. The van der Waals surface area contributed by atoms with Gasteiger partial charge in [-0.1, -0.05) is 12.1 Å². The highest BCUT2D eigenvalue weighted by molar-refractivity contribution is 5.79. The van der Waals surface area contributed by atoms with Crippen LogP contribution >= 0.6 is 0 Å². The van der Waals surface area contributed by atoms with E-state index in [4.69, 9.17) is 0 Å². The van der Waals surface area contributed by atoms with Crippen LogP contribution in [0.3, 0.4) is 0 Å². The molecule has 4 nitrogen and oxygen atoms in total. The molecule has 0 saturated carbocycles. The number of hydrogen-bond donors (Lipinski definition) is 3. The number of halogens is 3. The van der Waals surface area contributed by atoms with E-state index in [0.717, 1.165) is 12.1 Å². The molecule has 0 aliphatic heterocycles. The molecule has 1 aliphatic rings. The van der Waals surface area contributed by atoms with Gasteiger partial charge in [-0.05, 0) is 49.1 Å². The summed E-state index contributed by atoms with van der Waals surface area (Å²) in [6, 6.07) is 7.47. The van der Waals surface area contributed by atoms with E-state index in [1.165, 1.54) is 24.3 Å². The zero-order valence-electron chi connectivity index (χ0n) is 13.8. The zero-order valence-corrected chi connectivity index (χ0v) is 13.8. The monoisotopic (exact) mass is 365 g/mol. The van der Waals surface area contributed by atoms with E-state index in [1.807, 2.05) is 0 Å². The molecule has 0 fully saturated rings. The Bertz CT molecular complexity index is 816. The second kappa shape index (κ2) is 6.90. The Labute approximate surface area is 148 Å². The first-order valence-electron chi connectivity index (χ1n) is 8.22. The summed E-state index contributed by atoms with van der Waals surface area (Å²) in [6.07, 6.45) is -3.06. The van der Waals surface area contributed by atoms with Crippen molar-refractivity contribution in [3.05, 3.63) is 58.7 Å². The molecule has 1 atom stereocenters. The van der Waals surface area contributed by atoms with Gasteiger partial charge in [0.15, 0.2) is 0 Å². The highest BCUT2D eigenvalue weighted by Gasteiger charge is 2.30. The fraction of sp³-hybridized carbons (Fsp3) is 0.316. The maximum atomic E-state index is 12.6. The Balaban J connectivity index is 1.62. The number of hydrogen-bond acceptors (Lipinski definition) is 3. The fourth-order valence-corrected chi connectivity index (χ4v) is 3.21. The van der Waals surface area contributed by atoms with Crippen molar-refractivity contribution in [3.8, 4) is 11.5 Å². The van der Waals surface area contributed by atoms with Crippen molar-refractivity contribution in [2.75, 3.05) is 0 Å². The van der Waals surface area contributed by atoms with Crippen molar-refractivity contribution in [2.24, 2.45) is 5.92 Å². The first-order chi connectivity index (χ1) is 12.3. The van der Waals surface area contributed by atoms with E-state index in [2.05, 4.69) is 5.32 Å². The Kier molecular flexibility index (Phi) is 4.80. The van der Waals surface area contributed by atoms with Gasteiger partial charge in [-0.25, -0.2) is 0 Å². The van der Waals surface area contributed by atoms with Gasteiger partial charge in [-0.15, -0.1) is 0 Å². The molecule has 138 valence electrons. The smallest absolute Gasteiger partial charge is 0.416 e. The topological polar surface area (TPSA) is 69.6 Å². The van der Waals surface area contributed by atoms with E-state index in [-0.39, 0.29) is 29.9 Å². The Morgan fingerprint density at radius 1 is 1.04 bits per heavy atom. The molecule has 1 unspecified atom stereocenters. The van der Waals surface area contributed by atoms with Crippen LogP contribution in [0, 0.1) is 5.92 Å². The third kappa shape index (κ3) is 3.76. The lowest BCUT2D eigenvalue weighted by Gasteiger charge is -2.25. The van der Waals surface area contributed by atoms with Crippen LogP contribution in [0.1, 0.15) is 28.7 Å². The zero-order chi connectivity index (χ0) is 18.9. The van der Waals surface area contributed by atoms with Crippen LogP contribution in [0.5, 0.6) is 11.5 Å². The van der Waals surface area contributed by atoms with Crippen molar-refractivity contribution in [2.45, 2.75) is 32.0 Å². The average molecular weight is 365 g/mol. The molecule has 0 bridgehead atoms. The van der Waals surface area contributed by atoms with Gasteiger partial charge in [-0.3, -0.25) is 4.79 Å². The number of nitrogens with one attached hydrogen (secondary N) is 1. The van der Waals surface area contributed by atoms with Crippen LogP contribution in [0.15, 0.2) is 36.4 Å². The van der Waals surface area contributed by atoms with Crippen molar-refractivity contribution < 1.29 is 28.2 Å². The molecule has 0 aromatic heterocycles. The van der Waals surface area contributed by atoms with Gasteiger partial charge in [0.1, 0.15) is 11.5 Å². The summed E-state index contributed by atoms with van der Waals surface area (Å²) in [4.78, 5) is 12.4. The first kappa shape index (κ1) is 18.1. The van der Waals surface area contributed by atoms with Gasteiger partial charge < -0.3 is 15.5 Å². The molecular weight excluding hydrogens is 347 g/mol. The predicted molar refractivity (Wildman–Crippen MR) is 88.6 cm³/mol. The highest BCUT2D eigenvalue weighted by Crippen LogP contribution is 2.37. The molecule has 2 aromatic rings. The number of amides is 1. The van der Waals surface area contributed by atoms with Crippen LogP contribution in [-0.4, -0.2) is 16.1 Å². The minimum Gasteiger partial charge on any atom is -0.508 e. The summed E-state index contributed by atoms with van der Waals surface area (Å²) >= 11 is 0. The van der Waals surface area contributed by atoms with Gasteiger partial charge in [0.2, 0.25) is 5.91 Å². The summed E-state index contributed by atoms with van der Waals surface area (Å²) in [5, 5.41) is 22.5. The summed E-state index contributed by atoms with van der Waals surface area (Å²) in [5.41, 5.74) is 1.08. The normalized spacial score (nSPS) is 16.8. The minimum absolute atomic E-state index is 0.0537. The van der Waals surface area contributed by atoms with E-state index >= 15 is 0 Å². The van der Waals surface area contributed by atoms with Crippen molar-refractivity contribution in [3.63, 3.8) is 0 Å². The molecule has 3 rings (SSSR count). The molecular formula is C19H18F3NO3. The SMILES string of the molecule is O=C(NCc1ccc(C(F)(F)F)cc1)C1CCc2c(O)ccc(O)c2C1. The van der Waals surface area contributed by atoms with Gasteiger partial charge in [0, 0.05) is 23.6 Å². The van der Waals surface area contributed by atoms with E-state index in [1.54, 1.807) is 0 Å². The molecule has 0 saturated heterocycles. The number of carbonyl (C=O) groups is 1. The highest BCUT2D eigenvalue weighted by atomic mass is 19.4. The van der Waals surface area contributed by atoms with E-state index < -0.39 is 11.7 Å². The van der Waals surface area contributed by atoms with Gasteiger partial charge in [-0.2, -0.15) is 13.2 Å². The van der Waals surface area contributed by atoms with E-state index in [0.29, 0.717) is 36.0 Å². The van der Waals surface area contributed by atoms with Gasteiger partial charge in [0.05, 0.1) is 5.56 Å². The molecule has 2 aromatic carbocycles. The predicted octanol–water partition coefficient (Wildman–Crippen LogP) is 3.54. The van der Waals surface area contributed by atoms with E-state index in [9.17, 15) is 28.2 Å². The summed E-state index contributed by atoms with van der Waals surface area (Å²) in [7, 11) is 0. The summed E-state index contributed by atoms with van der Waals surface area (Å²) in [5.74, 6) is -0.414. The number of alkyl halides is 3. The van der Waals surface area contributed by atoms with Crippen LogP contribution < -0.4 is 5.32 Å². The maximum absolute atomic E-state index is 12.6. The number of benzene rings is 2. The summed E-state index contributed by atoms with van der Waals surface area (Å²) < 4.78 is 37.7. The van der Waals surface area contributed by atoms with Gasteiger partial charge in [0.25, 0.3) is 0 Å². The number of fused-ring (bicyclic) bond motifs is 1. The second-order valence-electron chi connectivity index (χ2n) is 6.41. The molecule has 1 aliphatic carbocycles. The molecule has 26 heavy (non-hydrogen) atoms. The molecule has 3 N–H and O–H groups in total. The lowest BCUT2D eigenvalue weighted by molar-refractivity contribution is -0.137. The Hall–Kier alpha value is -2.70. The van der Waals surface area contributed by atoms with Crippen LogP contribution in [0.4, 0.5) is 13.2 Å². The number of rotatable bonds is 3. The summed E-state index contributed by atoms with van der Waals surface area (Å²) in [6.45, 7) is 0.131. The molecule has 1 amide bonds. The Morgan fingerprint density at radius 2 is 1.65 bits per heavy atom. The molecule has 0 spiro atoms. The maximum Gasteiger partial charge on any atom is 0.416 e. The third-order valence-corrected chi connectivity index (χ3v) is 4.69. The quantitative estimate of drug-likeness (QED) is 0.729. The van der Waals surface area contributed by atoms with Gasteiger partial charge >= 0.3 is 6.18 Å². The third-order valence-electron chi connectivity index (χ3n) is 4.69. The number of aromatic hydroxyl groups is 2. The minimum atomic E-state index is -4.38. The molecule has 0 radical (unpaired) electrons. The number of phenolic OH excluding ortho intramolecular Hbond substituents is 2.